The largest absolute Gasteiger partial charge is 0.491 e. The summed E-state index contributed by atoms with van der Waals surface area (Å²) in [5, 5.41) is 15.9. The van der Waals surface area contributed by atoms with Crippen molar-refractivity contribution in [1.29, 1.82) is 0 Å². The SMILES string of the molecule is CC(C)Oc1ccc2c(c1)C(c1ccnc(N3CCN(C)C(=O)C3)c1)=NC2.CC(C)Oc1ccc2c(c1)c(-c1ccnc(N3CCN(C)C(=O)C3)c1)nn2C(c1ccccc1)(c1ccccc1)c1ccccc1.CC(C)Oc1ccc2c(c1)c(-c1ccnc(N3CCNC(=O)C3)c1)nn2C(c1ccccc1)(c1ccccc1)c1ccccc1.Cl. The van der Waals surface area contributed by atoms with Crippen molar-refractivity contribution in [3.8, 4) is 39.8 Å². The zero-order valence-corrected chi connectivity index (χ0v) is 69.0. The van der Waals surface area contributed by atoms with E-state index in [0.29, 0.717) is 45.8 Å². The number of nitrogens with one attached hydrogen (secondary N) is 1. The molecule has 3 fully saturated rings. The summed E-state index contributed by atoms with van der Waals surface area (Å²) in [7, 11) is 3.68. The Labute approximate surface area is 700 Å². The molecule has 0 aliphatic carbocycles. The molecule has 18 rings (SSSR count). The van der Waals surface area contributed by atoms with Crippen LogP contribution in [0.15, 0.2) is 297 Å². The Morgan fingerprint density at radius 1 is 0.378 bits per heavy atom. The highest BCUT2D eigenvalue weighted by Crippen LogP contribution is 2.48. The van der Waals surface area contributed by atoms with Crippen LogP contribution >= 0.6 is 12.4 Å². The number of pyridine rings is 3. The number of piperazine rings is 3. The van der Waals surface area contributed by atoms with Crippen LogP contribution in [0.25, 0.3) is 44.3 Å². The Bertz CT molecular complexity index is 5740. The molecule has 20 nitrogen and oxygen atoms in total. The van der Waals surface area contributed by atoms with Crippen LogP contribution < -0.4 is 34.2 Å². The molecule has 0 saturated carbocycles. The maximum absolute atomic E-state index is 12.6. The van der Waals surface area contributed by atoms with Crippen LogP contribution in [-0.4, -0.2) is 159 Å². The van der Waals surface area contributed by atoms with Gasteiger partial charge in [0.2, 0.25) is 17.7 Å². The Balaban J connectivity index is 0.000000144. The molecule has 4 aliphatic rings. The Hall–Kier alpha value is -13.5. The number of amides is 3. The van der Waals surface area contributed by atoms with Crippen molar-refractivity contribution >= 4 is 75.1 Å². The van der Waals surface area contributed by atoms with Gasteiger partial charge in [0.05, 0.1) is 61.2 Å². The van der Waals surface area contributed by atoms with Gasteiger partial charge in [-0.2, -0.15) is 10.2 Å². The number of anilines is 3. The number of hydrogen-bond acceptors (Lipinski definition) is 15. The molecule has 14 aromatic rings. The van der Waals surface area contributed by atoms with Gasteiger partial charge in [0.15, 0.2) is 0 Å². The van der Waals surface area contributed by atoms with E-state index in [4.69, 9.17) is 29.4 Å². The lowest BCUT2D eigenvalue weighted by molar-refractivity contribution is -0.130. The van der Waals surface area contributed by atoms with E-state index in [1.165, 1.54) is 5.56 Å². The van der Waals surface area contributed by atoms with Gasteiger partial charge in [0.25, 0.3) is 0 Å². The van der Waals surface area contributed by atoms with Gasteiger partial charge in [0.1, 0.15) is 57.2 Å². The van der Waals surface area contributed by atoms with Crippen LogP contribution in [-0.2, 0) is 32.0 Å². The molecule has 0 atom stereocenters. The topological polar surface area (TPSA) is 194 Å². The van der Waals surface area contributed by atoms with Gasteiger partial charge in [-0.1, -0.05) is 188 Å². The van der Waals surface area contributed by atoms with Crippen LogP contribution in [0.3, 0.4) is 0 Å². The van der Waals surface area contributed by atoms with E-state index in [1.54, 1.807) is 22.2 Å². The lowest BCUT2D eigenvalue weighted by Gasteiger charge is -2.37. The predicted octanol–water partition coefficient (Wildman–Crippen LogP) is 16.6. The maximum Gasteiger partial charge on any atom is 0.241 e. The molecule has 5 aromatic heterocycles. The molecule has 1 N–H and O–H groups in total. The molecule has 0 unspecified atom stereocenters. The van der Waals surface area contributed by atoms with E-state index in [-0.39, 0.29) is 55.0 Å². The number of rotatable bonds is 20. The van der Waals surface area contributed by atoms with Gasteiger partial charge in [0, 0.05) is 105 Å². The molecule has 3 saturated heterocycles. The molecule has 9 aromatic carbocycles. The standard InChI is InChI=1S/C39H37N5O2.C38H35N5O2.C21H24N4O2.ClH/c1-28(2)46-33-19-20-35-34(26-33)38(29-21-22-40-36(25-29)43-24-23-42(3)37(45)27-43)41-44(35)39(30-13-7-4-8-14-30,31-15-9-5-10-16-31)32-17-11-6-12-18-32;1-27(2)45-32-18-19-34-33(25-32)37(28-20-21-39-35(24-28)42-23-22-40-36(44)26-42)41-43(34)38(29-12-6-3-7-13-29,30-14-8-4-9-15-30)31-16-10-5-11-17-31;1-14(2)27-17-5-4-16-12-23-21(18(16)11-17)15-6-7-22-19(10-15)25-9-8-24(3)20(26)13-25;/h4-22,25-26,28H,23-24,27H2,1-3H3;3-21,24-25,27H,22-23,26H2,1-2H3,(H,40,44);4-7,10-11,14H,8-9,12-13H2,1-3H3;1H. The number of benzene rings is 9. The summed E-state index contributed by atoms with van der Waals surface area (Å²) in [6.45, 7) is 18.0. The summed E-state index contributed by atoms with van der Waals surface area (Å²) in [6.07, 6.45) is 5.59. The summed E-state index contributed by atoms with van der Waals surface area (Å²) >= 11 is 0. The molecular formula is C98H97ClN14O6. The smallest absolute Gasteiger partial charge is 0.241 e. The molecule has 0 bridgehead atoms. The second kappa shape index (κ2) is 35.6. The Kier molecular flexibility index (Phi) is 24.1. The number of fused-ring (bicyclic) bond motifs is 3. The first-order chi connectivity index (χ1) is 57.5. The molecule has 0 spiro atoms. The van der Waals surface area contributed by atoms with Crippen molar-refractivity contribution in [3.63, 3.8) is 0 Å². The van der Waals surface area contributed by atoms with Crippen molar-refractivity contribution in [3.05, 3.63) is 342 Å². The number of likely N-dealkylation sites (N-methyl/N-ethyl adjacent to an activating group) is 2. The molecule has 3 amide bonds. The predicted molar refractivity (Wildman–Crippen MR) is 475 cm³/mol. The van der Waals surface area contributed by atoms with Crippen molar-refractivity contribution in [2.24, 2.45) is 4.99 Å². The van der Waals surface area contributed by atoms with Crippen LogP contribution in [0, 0.1) is 0 Å². The number of carbonyl (C=O) groups excluding carboxylic acids is 3. The normalized spacial score (nSPS) is 14.3. The van der Waals surface area contributed by atoms with Crippen molar-refractivity contribution in [2.45, 2.75) is 77.5 Å². The average Bonchev–Trinajstić information content (AvgIpc) is 1.62. The van der Waals surface area contributed by atoms with Gasteiger partial charge in [-0.15, -0.1) is 12.4 Å². The van der Waals surface area contributed by atoms with Gasteiger partial charge < -0.3 is 44.0 Å². The van der Waals surface area contributed by atoms with Crippen LogP contribution in [0.5, 0.6) is 17.2 Å². The average molecular weight is 1600 g/mol. The first-order valence-corrected chi connectivity index (χ1v) is 40.5. The highest BCUT2D eigenvalue weighted by Gasteiger charge is 2.43. The number of aliphatic imine (C=N–C) groups is 1. The third kappa shape index (κ3) is 16.7. The van der Waals surface area contributed by atoms with Crippen LogP contribution in [0.2, 0.25) is 0 Å². The van der Waals surface area contributed by atoms with Gasteiger partial charge in [-0.05, 0) is 165 Å². The molecule has 119 heavy (non-hydrogen) atoms. The fraction of sp³-hybridized carbons (Fsp3) is 0.235. The monoisotopic (exact) mass is 1600 g/mol. The van der Waals surface area contributed by atoms with E-state index >= 15 is 0 Å². The first kappa shape index (κ1) is 80.7. The molecule has 0 radical (unpaired) electrons. The molecular weight excluding hydrogens is 1500 g/mol. The second-order valence-electron chi connectivity index (χ2n) is 30.9. The highest BCUT2D eigenvalue weighted by atomic mass is 35.5. The Morgan fingerprint density at radius 3 is 1.08 bits per heavy atom. The first-order valence-electron chi connectivity index (χ1n) is 40.5. The minimum absolute atomic E-state index is 0. The molecule has 21 heteroatoms. The highest BCUT2D eigenvalue weighted by molar-refractivity contribution is 6.15. The second-order valence-corrected chi connectivity index (χ2v) is 30.9. The van der Waals surface area contributed by atoms with Crippen molar-refractivity contribution < 1.29 is 28.6 Å². The lowest BCUT2D eigenvalue weighted by atomic mass is 9.77. The number of halogens is 1. The fourth-order valence-electron chi connectivity index (χ4n) is 16.3. The minimum atomic E-state index is -0.791. The number of carbonyl (C=O) groups is 3. The van der Waals surface area contributed by atoms with E-state index in [9.17, 15) is 14.4 Å². The van der Waals surface area contributed by atoms with E-state index < -0.39 is 11.1 Å². The number of ether oxygens (including phenoxy) is 3. The van der Waals surface area contributed by atoms with E-state index in [1.807, 2.05) is 161 Å². The third-order valence-corrected chi connectivity index (χ3v) is 21.9. The van der Waals surface area contributed by atoms with Gasteiger partial charge >= 0.3 is 0 Å². The van der Waals surface area contributed by atoms with Crippen LogP contribution in [0.1, 0.15) is 91.6 Å². The summed E-state index contributed by atoms with van der Waals surface area (Å²) < 4.78 is 22.6. The quantitative estimate of drug-likeness (QED) is 0.0708. The zero-order valence-electron chi connectivity index (χ0n) is 68.2. The Morgan fingerprint density at radius 2 is 0.723 bits per heavy atom. The molecule has 4 aliphatic heterocycles. The molecule has 9 heterocycles. The third-order valence-electron chi connectivity index (χ3n) is 21.9. The maximum atomic E-state index is 12.6. The lowest BCUT2D eigenvalue weighted by Crippen LogP contribution is -2.48. The van der Waals surface area contributed by atoms with Gasteiger partial charge in [-0.3, -0.25) is 19.4 Å². The minimum Gasteiger partial charge on any atom is -0.491 e. The van der Waals surface area contributed by atoms with Crippen LogP contribution in [0.4, 0.5) is 17.5 Å². The zero-order chi connectivity index (χ0) is 81.4. The molecule has 602 valence electrons. The summed E-state index contributed by atoms with van der Waals surface area (Å²) in [5.41, 5.74) is 14.7. The number of aromatic nitrogens is 7. The summed E-state index contributed by atoms with van der Waals surface area (Å²) in [4.78, 5) is 65.0. The van der Waals surface area contributed by atoms with Gasteiger partial charge in [-0.25, -0.2) is 24.3 Å². The number of nitrogens with zero attached hydrogens (tertiary/aromatic N) is 13. The fourth-order valence-corrected chi connectivity index (χ4v) is 16.3. The van der Waals surface area contributed by atoms with E-state index in [0.717, 1.165) is 142 Å². The number of hydrogen-bond donors (Lipinski definition) is 1. The van der Waals surface area contributed by atoms with Crippen molar-refractivity contribution in [1.82, 2.24) is 49.6 Å². The van der Waals surface area contributed by atoms with Crippen molar-refractivity contribution in [2.75, 3.05) is 87.7 Å². The van der Waals surface area contributed by atoms with E-state index in [2.05, 4.69) is 218 Å². The summed E-state index contributed by atoms with van der Waals surface area (Å²) in [6, 6.07) is 94.2. The summed E-state index contributed by atoms with van der Waals surface area (Å²) in [5.74, 6) is 4.96.